The molecule has 5 rings (SSSR count). The Balaban J connectivity index is 1.48. The molecule has 162 valence electrons. The van der Waals surface area contributed by atoms with Gasteiger partial charge in [-0.15, -0.1) is 0 Å². The fraction of sp³-hybridized carbons (Fsp3) is 0.217. The Morgan fingerprint density at radius 2 is 2.03 bits per heavy atom. The molecule has 0 unspecified atom stereocenters. The highest BCUT2D eigenvalue weighted by atomic mass is 19.1. The molecule has 1 aromatic carbocycles. The summed E-state index contributed by atoms with van der Waals surface area (Å²) in [5, 5.41) is 4.19. The molecule has 4 aromatic heterocycles. The van der Waals surface area contributed by atoms with Crippen LogP contribution in [0.5, 0.6) is 0 Å². The normalized spacial score (nSPS) is 11.7. The van der Waals surface area contributed by atoms with Crippen LogP contribution in [0, 0.1) is 11.6 Å². The van der Waals surface area contributed by atoms with E-state index >= 15 is 0 Å². The topological polar surface area (TPSA) is 84.3 Å². The number of halogens is 2. The fourth-order valence-electron chi connectivity index (χ4n) is 3.78. The van der Waals surface area contributed by atoms with Crippen LogP contribution in [0.3, 0.4) is 0 Å². The highest BCUT2D eigenvalue weighted by Gasteiger charge is 2.16. The summed E-state index contributed by atoms with van der Waals surface area (Å²) in [7, 11) is 0. The minimum atomic E-state index is -0.454. The zero-order valence-electron chi connectivity index (χ0n) is 17.6. The zero-order valence-corrected chi connectivity index (χ0v) is 17.6. The molecule has 0 bridgehead atoms. The van der Waals surface area contributed by atoms with Crippen molar-refractivity contribution in [3.8, 4) is 11.4 Å². The van der Waals surface area contributed by atoms with Gasteiger partial charge in [-0.05, 0) is 38.0 Å². The van der Waals surface area contributed by atoms with Crippen molar-refractivity contribution in [1.29, 1.82) is 0 Å². The molecule has 4 heterocycles. The smallest absolute Gasteiger partial charge is 0.166 e. The van der Waals surface area contributed by atoms with Crippen molar-refractivity contribution in [3.05, 3.63) is 66.4 Å². The molecule has 2 N–H and O–H groups in total. The molecule has 0 spiro atoms. The van der Waals surface area contributed by atoms with Crippen LogP contribution in [0.25, 0.3) is 33.5 Å². The second kappa shape index (κ2) is 7.99. The second-order valence-electron chi connectivity index (χ2n) is 7.86. The Kier molecular flexibility index (Phi) is 5.01. The summed E-state index contributed by atoms with van der Waals surface area (Å²) in [5.74, 6) is 0.194. The van der Waals surface area contributed by atoms with Crippen molar-refractivity contribution in [2.45, 2.75) is 26.3 Å². The summed E-state index contributed by atoms with van der Waals surface area (Å²) in [4.78, 5) is 20.7. The van der Waals surface area contributed by atoms with Gasteiger partial charge in [0.25, 0.3) is 0 Å². The van der Waals surface area contributed by atoms with Crippen LogP contribution in [0.15, 0.2) is 49.2 Å². The van der Waals surface area contributed by atoms with E-state index in [-0.39, 0.29) is 11.9 Å². The van der Waals surface area contributed by atoms with E-state index in [4.69, 9.17) is 0 Å². The standard InChI is InChI=1S/C23H21F2N7/c1-13(2)32-12-29-20-22(30-21(31-23(20)32)15-8-16(24)11-26-9-15)27-7-6-14-10-28-19-17(14)4-3-5-18(19)25/h3-5,8-13,28H,6-7H2,1-2H3,(H,27,30,31). The fourth-order valence-corrected chi connectivity index (χ4v) is 3.78. The lowest BCUT2D eigenvalue weighted by Crippen LogP contribution is -2.09. The Morgan fingerprint density at radius 1 is 1.16 bits per heavy atom. The molecule has 0 radical (unpaired) electrons. The molecule has 0 aliphatic carbocycles. The van der Waals surface area contributed by atoms with E-state index in [2.05, 4.69) is 30.2 Å². The summed E-state index contributed by atoms with van der Waals surface area (Å²) in [6.07, 6.45) is 6.87. The molecule has 0 saturated carbocycles. The van der Waals surface area contributed by atoms with Crippen LogP contribution in [-0.4, -0.2) is 36.0 Å². The zero-order chi connectivity index (χ0) is 22.2. The lowest BCUT2D eigenvalue weighted by molar-refractivity contribution is 0.612. The number of aromatic nitrogens is 6. The minimum absolute atomic E-state index is 0.141. The van der Waals surface area contributed by atoms with Gasteiger partial charge in [0.05, 0.1) is 18.0 Å². The van der Waals surface area contributed by atoms with Crippen molar-refractivity contribution in [1.82, 2.24) is 29.5 Å². The van der Waals surface area contributed by atoms with Gasteiger partial charge < -0.3 is 14.9 Å². The maximum absolute atomic E-state index is 14.0. The van der Waals surface area contributed by atoms with Crippen LogP contribution < -0.4 is 5.32 Å². The summed E-state index contributed by atoms with van der Waals surface area (Å²) < 4.78 is 29.7. The Bertz CT molecular complexity index is 1420. The first-order valence-corrected chi connectivity index (χ1v) is 10.3. The largest absolute Gasteiger partial charge is 0.368 e. The van der Waals surface area contributed by atoms with E-state index in [0.29, 0.717) is 46.9 Å². The number of hydrogen-bond acceptors (Lipinski definition) is 5. The van der Waals surface area contributed by atoms with Gasteiger partial charge in [0, 0.05) is 35.9 Å². The van der Waals surface area contributed by atoms with Crippen LogP contribution in [0.4, 0.5) is 14.6 Å². The number of anilines is 1. The van der Waals surface area contributed by atoms with E-state index in [9.17, 15) is 8.78 Å². The molecule has 9 heteroatoms. The first kappa shape index (κ1) is 20.0. The van der Waals surface area contributed by atoms with Gasteiger partial charge in [0.15, 0.2) is 17.3 Å². The summed E-state index contributed by atoms with van der Waals surface area (Å²) in [6.45, 7) is 4.62. The maximum Gasteiger partial charge on any atom is 0.166 e. The van der Waals surface area contributed by atoms with Crippen LogP contribution in [0.1, 0.15) is 25.5 Å². The van der Waals surface area contributed by atoms with Gasteiger partial charge in [-0.2, -0.15) is 0 Å². The first-order valence-electron chi connectivity index (χ1n) is 10.3. The van der Waals surface area contributed by atoms with E-state index in [1.807, 2.05) is 30.7 Å². The van der Waals surface area contributed by atoms with Gasteiger partial charge >= 0.3 is 0 Å². The van der Waals surface area contributed by atoms with E-state index < -0.39 is 5.82 Å². The predicted octanol–water partition coefficient (Wildman–Crippen LogP) is 4.88. The van der Waals surface area contributed by atoms with Gasteiger partial charge in [0.2, 0.25) is 0 Å². The van der Waals surface area contributed by atoms with Crippen molar-refractivity contribution in [2.75, 3.05) is 11.9 Å². The van der Waals surface area contributed by atoms with Crippen LogP contribution in [-0.2, 0) is 6.42 Å². The molecule has 7 nitrogen and oxygen atoms in total. The van der Waals surface area contributed by atoms with Crippen molar-refractivity contribution in [3.63, 3.8) is 0 Å². The molecule has 32 heavy (non-hydrogen) atoms. The van der Waals surface area contributed by atoms with Crippen molar-refractivity contribution in [2.24, 2.45) is 0 Å². The third-order valence-corrected chi connectivity index (χ3v) is 5.38. The number of para-hydroxylation sites is 1. The number of imidazole rings is 1. The Morgan fingerprint density at radius 3 is 2.84 bits per heavy atom. The molecule has 0 aliphatic heterocycles. The molecule has 0 saturated heterocycles. The number of fused-ring (bicyclic) bond motifs is 2. The lowest BCUT2D eigenvalue weighted by atomic mass is 10.1. The number of nitrogens with zero attached hydrogens (tertiary/aromatic N) is 5. The van der Waals surface area contributed by atoms with Crippen LogP contribution >= 0.6 is 0 Å². The Hall–Kier alpha value is -3.88. The highest BCUT2D eigenvalue weighted by Crippen LogP contribution is 2.26. The monoisotopic (exact) mass is 433 g/mol. The van der Waals surface area contributed by atoms with Gasteiger partial charge in [-0.25, -0.2) is 23.7 Å². The molecule has 0 fully saturated rings. The maximum atomic E-state index is 14.0. The van der Waals surface area contributed by atoms with E-state index in [1.54, 1.807) is 12.4 Å². The summed E-state index contributed by atoms with van der Waals surface area (Å²) >= 11 is 0. The molecule has 5 aromatic rings. The molecule has 0 amide bonds. The number of benzene rings is 1. The average Bonchev–Trinajstić information content (AvgIpc) is 3.39. The number of H-pyrrole nitrogens is 1. The third-order valence-electron chi connectivity index (χ3n) is 5.38. The molecule has 0 aliphatic rings. The van der Waals surface area contributed by atoms with Gasteiger partial charge in [-0.1, -0.05) is 12.1 Å². The third kappa shape index (κ3) is 3.55. The van der Waals surface area contributed by atoms with E-state index in [1.165, 1.54) is 18.3 Å². The SMILES string of the molecule is CC(C)n1cnc2c(NCCc3c[nH]c4c(F)cccc34)nc(-c3cncc(F)c3)nc21. The number of pyridine rings is 1. The average molecular weight is 433 g/mol. The van der Waals surface area contributed by atoms with Crippen LogP contribution in [0.2, 0.25) is 0 Å². The molecule has 0 atom stereocenters. The number of aromatic amines is 1. The van der Waals surface area contributed by atoms with Gasteiger partial charge in [-0.3, -0.25) is 4.98 Å². The summed E-state index contributed by atoms with van der Waals surface area (Å²) in [6, 6.07) is 6.53. The van der Waals surface area contributed by atoms with Crippen molar-refractivity contribution < 1.29 is 8.78 Å². The lowest BCUT2D eigenvalue weighted by Gasteiger charge is -2.11. The van der Waals surface area contributed by atoms with Crippen molar-refractivity contribution >= 4 is 27.9 Å². The molecular weight excluding hydrogens is 412 g/mol. The number of nitrogens with one attached hydrogen (secondary N) is 2. The number of rotatable bonds is 6. The highest BCUT2D eigenvalue weighted by molar-refractivity contribution is 5.86. The Labute approximate surface area is 182 Å². The first-order chi connectivity index (χ1) is 15.5. The number of hydrogen-bond donors (Lipinski definition) is 2. The predicted molar refractivity (Wildman–Crippen MR) is 119 cm³/mol. The van der Waals surface area contributed by atoms with Gasteiger partial charge in [0.1, 0.15) is 17.2 Å². The second-order valence-corrected chi connectivity index (χ2v) is 7.86. The quantitative estimate of drug-likeness (QED) is 0.399. The van der Waals surface area contributed by atoms with E-state index in [0.717, 1.165) is 17.1 Å². The minimum Gasteiger partial charge on any atom is -0.368 e. The molecular formula is C23H21F2N7. The summed E-state index contributed by atoms with van der Waals surface area (Å²) in [5.41, 5.74) is 3.28.